The minimum absolute atomic E-state index is 0.00499. The molecule has 9 heteroatoms. The lowest BCUT2D eigenvalue weighted by atomic mass is 10.1. The van der Waals surface area contributed by atoms with Gasteiger partial charge in [-0.2, -0.15) is 11.8 Å². The largest absolute Gasteiger partial charge is 0.480 e. The third kappa shape index (κ3) is 17.0. The molecule has 0 aromatic carbocycles. The second kappa shape index (κ2) is 17.9. The van der Waals surface area contributed by atoms with Gasteiger partial charge < -0.3 is 21.5 Å². The van der Waals surface area contributed by atoms with Crippen LogP contribution in [0.15, 0.2) is 34.9 Å². The van der Waals surface area contributed by atoms with Gasteiger partial charge in [-0.15, -0.1) is 0 Å². The molecule has 0 fully saturated rings. The molecule has 0 saturated heterocycles. The number of carbonyl (C=O) groups is 4. The van der Waals surface area contributed by atoms with E-state index in [4.69, 9.17) is 5.73 Å². The summed E-state index contributed by atoms with van der Waals surface area (Å²) in [6.07, 6.45) is 10.6. The first kappa shape index (κ1) is 31.4. The highest BCUT2D eigenvalue weighted by atomic mass is 32.2. The van der Waals surface area contributed by atoms with E-state index in [2.05, 4.69) is 56.6 Å². The summed E-state index contributed by atoms with van der Waals surface area (Å²) < 4.78 is 0. The van der Waals surface area contributed by atoms with E-state index < -0.39 is 35.8 Å². The molecule has 0 aliphatic carbocycles. The molecule has 0 radical (unpaired) electrons. The molecule has 0 aliphatic heterocycles. The minimum Gasteiger partial charge on any atom is -0.480 e. The average molecular weight is 496 g/mol. The molecule has 2 atom stereocenters. The maximum absolute atomic E-state index is 12.1. The van der Waals surface area contributed by atoms with E-state index in [1.165, 1.54) is 35.4 Å². The molecule has 3 amide bonds. The molecule has 1 unspecified atom stereocenters. The number of thioether (sulfide) groups is 1. The molecule has 5 N–H and O–H groups in total. The third-order valence-corrected chi connectivity index (χ3v) is 5.94. The van der Waals surface area contributed by atoms with Gasteiger partial charge in [0.15, 0.2) is 0 Å². The van der Waals surface area contributed by atoms with Crippen LogP contribution in [0.5, 0.6) is 0 Å². The molecule has 0 aromatic rings. The Hall–Kier alpha value is -2.55. The Labute approximate surface area is 207 Å². The number of carboxylic acids is 1. The summed E-state index contributed by atoms with van der Waals surface area (Å²) in [5, 5.41) is 14.2. The molecule has 0 bridgehead atoms. The van der Waals surface area contributed by atoms with Crippen LogP contribution >= 0.6 is 11.8 Å². The van der Waals surface area contributed by atoms with Crippen LogP contribution in [0.3, 0.4) is 0 Å². The van der Waals surface area contributed by atoms with Crippen LogP contribution in [0.2, 0.25) is 0 Å². The summed E-state index contributed by atoms with van der Waals surface area (Å²) in [6.45, 7) is 9.67. The Balaban J connectivity index is 4.40. The smallest absolute Gasteiger partial charge is 0.327 e. The highest BCUT2D eigenvalue weighted by Crippen LogP contribution is 2.13. The Morgan fingerprint density at radius 3 is 1.97 bits per heavy atom. The Bertz CT molecular complexity index is 785. The number of nitrogens with two attached hydrogens (primary N) is 1. The number of carboxylic acid groups (broad SMARTS) is 1. The number of hydrogen-bond acceptors (Lipinski definition) is 5. The lowest BCUT2D eigenvalue weighted by Gasteiger charge is -2.16. The van der Waals surface area contributed by atoms with E-state index in [-0.39, 0.29) is 18.6 Å². The van der Waals surface area contributed by atoms with Gasteiger partial charge in [-0.1, -0.05) is 34.9 Å². The van der Waals surface area contributed by atoms with Crippen LogP contribution < -0.4 is 16.4 Å². The SMILES string of the molecule is CC(=O)NC(CCC(=O)N[C@@H](CSC/C=C(\C)CC/C=C(\C)CCC=C(C)C)C(=O)O)C(N)=O. The predicted molar refractivity (Wildman–Crippen MR) is 138 cm³/mol. The van der Waals surface area contributed by atoms with Crippen LogP contribution in [0.25, 0.3) is 0 Å². The number of rotatable bonds is 17. The van der Waals surface area contributed by atoms with Gasteiger partial charge in [0.25, 0.3) is 0 Å². The van der Waals surface area contributed by atoms with E-state index in [9.17, 15) is 24.3 Å². The van der Waals surface area contributed by atoms with Crippen LogP contribution in [0.1, 0.15) is 73.1 Å². The van der Waals surface area contributed by atoms with Gasteiger partial charge in [0.05, 0.1) is 0 Å². The molecule has 0 aliphatic rings. The fourth-order valence-corrected chi connectivity index (χ4v) is 3.97. The molecule has 8 nitrogen and oxygen atoms in total. The maximum atomic E-state index is 12.1. The predicted octanol–water partition coefficient (Wildman–Crippen LogP) is 3.48. The zero-order valence-electron chi connectivity index (χ0n) is 21.1. The highest BCUT2D eigenvalue weighted by molar-refractivity contribution is 7.99. The van der Waals surface area contributed by atoms with E-state index in [0.29, 0.717) is 5.75 Å². The average Bonchev–Trinajstić information content (AvgIpc) is 2.72. The van der Waals surface area contributed by atoms with Gasteiger partial charge in [-0.25, -0.2) is 4.79 Å². The van der Waals surface area contributed by atoms with Crippen LogP contribution in [0.4, 0.5) is 0 Å². The number of allylic oxidation sites excluding steroid dienone is 5. The van der Waals surface area contributed by atoms with Crippen LogP contribution in [-0.4, -0.2) is 52.4 Å². The van der Waals surface area contributed by atoms with Gasteiger partial charge in [0.1, 0.15) is 12.1 Å². The first-order valence-corrected chi connectivity index (χ1v) is 12.7. The number of primary amides is 1. The zero-order valence-corrected chi connectivity index (χ0v) is 21.9. The molecule has 0 aromatic heterocycles. The monoisotopic (exact) mass is 495 g/mol. The van der Waals surface area contributed by atoms with Gasteiger partial charge >= 0.3 is 5.97 Å². The van der Waals surface area contributed by atoms with E-state index in [1.54, 1.807) is 0 Å². The molecule has 0 heterocycles. The number of aliphatic carboxylic acids is 1. The summed E-state index contributed by atoms with van der Waals surface area (Å²) in [5.41, 5.74) is 9.18. The van der Waals surface area contributed by atoms with Crippen molar-refractivity contribution in [2.45, 2.75) is 85.2 Å². The molecular weight excluding hydrogens is 454 g/mol. The quantitative estimate of drug-likeness (QED) is 0.180. The van der Waals surface area contributed by atoms with Crippen LogP contribution in [-0.2, 0) is 19.2 Å². The standard InChI is InChI=1S/C25H41N3O5S/c1-17(2)8-6-9-18(3)10-7-11-19(4)14-15-34-16-22(25(32)33)28-23(30)13-12-21(24(26)31)27-20(5)29/h8,10,14,21-22H,6-7,9,11-13,15-16H2,1-5H3,(H2,26,31)(H,27,29)(H,28,30)(H,32,33)/b18-10+,19-14+/t21?,22-/m0/s1. The fraction of sp³-hybridized carbons (Fsp3) is 0.600. The fourth-order valence-electron chi connectivity index (χ4n) is 2.97. The van der Waals surface area contributed by atoms with Crippen molar-refractivity contribution in [3.05, 3.63) is 34.9 Å². The minimum atomic E-state index is -1.12. The first-order valence-electron chi connectivity index (χ1n) is 11.5. The van der Waals surface area contributed by atoms with Gasteiger partial charge in [0.2, 0.25) is 17.7 Å². The van der Waals surface area contributed by atoms with E-state index in [1.807, 2.05) is 0 Å². The first-order chi connectivity index (χ1) is 15.9. The zero-order chi connectivity index (χ0) is 26.1. The topological polar surface area (TPSA) is 139 Å². The normalized spacial score (nSPS) is 13.6. The number of hydrogen-bond donors (Lipinski definition) is 4. The van der Waals surface area contributed by atoms with Gasteiger partial charge in [-0.05, 0) is 59.8 Å². The van der Waals surface area contributed by atoms with Crippen molar-refractivity contribution in [3.63, 3.8) is 0 Å². The van der Waals surface area contributed by atoms with Crippen LogP contribution in [0, 0.1) is 0 Å². The van der Waals surface area contributed by atoms with Crippen molar-refractivity contribution >= 4 is 35.5 Å². The second-order valence-electron chi connectivity index (χ2n) is 8.65. The second-order valence-corrected chi connectivity index (χ2v) is 9.72. The summed E-state index contributed by atoms with van der Waals surface area (Å²) in [6, 6.07) is -2.00. The molecule has 0 spiro atoms. The van der Waals surface area contributed by atoms with Crippen molar-refractivity contribution in [2.75, 3.05) is 11.5 Å². The Kier molecular flexibility index (Phi) is 16.5. The third-order valence-electron chi connectivity index (χ3n) is 4.97. The van der Waals surface area contributed by atoms with Gasteiger partial charge in [-0.3, -0.25) is 14.4 Å². The lowest BCUT2D eigenvalue weighted by molar-refractivity contribution is -0.141. The molecule has 192 valence electrons. The van der Waals surface area contributed by atoms with E-state index in [0.717, 1.165) is 25.7 Å². The Morgan fingerprint density at radius 1 is 0.853 bits per heavy atom. The molecular formula is C25H41N3O5S. The molecule has 34 heavy (non-hydrogen) atoms. The van der Waals surface area contributed by atoms with Crippen molar-refractivity contribution < 1.29 is 24.3 Å². The Morgan fingerprint density at radius 2 is 1.44 bits per heavy atom. The summed E-state index contributed by atoms with van der Waals surface area (Å²) in [7, 11) is 0. The number of nitrogens with one attached hydrogen (secondary N) is 2. The molecule has 0 rings (SSSR count). The maximum Gasteiger partial charge on any atom is 0.327 e. The summed E-state index contributed by atoms with van der Waals surface area (Å²) >= 11 is 1.43. The number of amides is 3. The highest BCUT2D eigenvalue weighted by Gasteiger charge is 2.22. The summed E-state index contributed by atoms with van der Waals surface area (Å²) in [4.78, 5) is 46.0. The van der Waals surface area contributed by atoms with Gasteiger partial charge in [0, 0.05) is 24.9 Å². The van der Waals surface area contributed by atoms with Crippen molar-refractivity contribution in [3.8, 4) is 0 Å². The lowest BCUT2D eigenvalue weighted by Crippen LogP contribution is -2.46. The van der Waals surface area contributed by atoms with Crippen molar-refractivity contribution in [2.24, 2.45) is 5.73 Å². The summed E-state index contributed by atoms with van der Waals surface area (Å²) in [5.74, 6) is -1.94. The molecule has 0 saturated carbocycles. The number of carbonyl (C=O) groups excluding carboxylic acids is 3. The van der Waals surface area contributed by atoms with Crippen molar-refractivity contribution in [1.82, 2.24) is 10.6 Å². The van der Waals surface area contributed by atoms with E-state index >= 15 is 0 Å². The van der Waals surface area contributed by atoms with Crippen molar-refractivity contribution in [1.29, 1.82) is 0 Å².